The molecule has 1 amide bonds. The van der Waals surface area contributed by atoms with Gasteiger partial charge in [-0.25, -0.2) is 4.39 Å². The molecule has 168 valence electrons. The molecule has 0 aliphatic rings. The van der Waals surface area contributed by atoms with E-state index >= 15 is 0 Å². The van der Waals surface area contributed by atoms with Crippen LogP contribution in [0.4, 0.5) is 10.1 Å². The van der Waals surface area contributed by atoms with E-state index in [1.54, 1.807) is 25.3 Å². The summed E-state index contributed by atoms with van der Waals surface area (Å²) in [4.78, 5) is 12.3. The van der Waals surface area contributed by atoms with E-state index in [4.69, 9.17) is 9.47 Å². The lowest BCUT2D eigenvalue weighted by atomic mass is 10.1. The molecule has 0 unspecified atom stereocenters. The predicted octanol–water partition coefficient (Wildman–Crippen LogP) is 5.41. The number of benzene rings is 3. The third-order valence-corrected chi connectivity index (χ3v) is 4.83. The molecule has 0 heterocycles. The molecule has 32 heavy (non-hydrogen) atoms. The minimum Gasteiger partial charge on any atom is -0.493 e. The van der Waals surface area contributed by atoms with Gasteiger partial charge in [-0.2, -0.15) is 0 Å². The maximum Gasteiger partial charge on any atom is 0.251 e. The summed E-state index contributed by atoms with van der Waals surface area (Å²) in [6.45, 7) is 5.65. The molecule has 3 rings (SSSR count). The van der Waals surface area contributed by atoms with Crippen LogP contribution in [0.15, 0.2) is 66.7 Å². The molecule has 3 aromatic carbocycles. The van der Waals surface area contributed by atoms with Crippen molar-refractivity contribution in [2.75, 3.05) is 19.0 Å². The van der Waals surface area contributed by atoms with Gasteiger partial charge in [0.25, 0.3) is 5.91 Å². The van der Waals surface area contributed by atoms with Gasteiger partial charge >= 0.3 is 0 Å². The zero-order chi connectivity index (χ0) is 22.9. The number of hydrogen-bond acceptors (Lipinski definition) is 4. The van der Waals surface area contributed by atoms with Crippen LogP contribution in [0.5, 0.6) is 11.5 Å². The smallest absolute Gasteiger partial charge is 0.251 e. The maximum atomic E-state index is 13.0. The van der Waals surface area contributed by atoms with Gasteiger partial charge in [-0.3, -0.25) is 4.79 Å². The van der Waals surface area contributed by atoms with Crippen LogP contribution < -0.4 is 20.1 Å². The Hall–Kier alpha value is -3.54. The average Bonchev–Trinajstić information content (AvgIpc) is 2.81. The Morgan fingerprint density at radius 2 is 1.72 bits per heavy atom. The average molecular weight is 437 g/mol. The summed E-state index contributed by atoms with van der Waals surface area (Å²) in [6.07, 6.45) is 0. The first-order valence-corrected chi connectivity index (χ1v) is 10.6. The molecule has 0 fully saturated rings. The number of halogens is 1. The van der Waals surface area contributed by atoms with Crippen molar-refractivity contribution in [2.45, 2.75) is 27.0 Å². The zero-order valence-electron chi connectivity index (χ0n) is 18.7. The summed E-state index contributed by atoms with van der Waals surface area (Å²) in [6, 6.07) is 19.4. The Morgan fingerprint density at radius 3 is 2.44 bits per heavy atom. The fraction of sp³-hybridized carbons (Fsp3) is 0.269. The van der Waals surface area contributed by atoms with Crippen LogP contribution >= 0.6 is 0 Å². The van der Waals surface area contributed by atoms with Crippen molar-refractivity contribution >= 4 is 11.6 Å². The van der Waals surface area contributed by atoms with E-state index in [0.717, 1.165) is 16.8 Å². The standard InChI is InChI=1S/C26H29FN2O3/c1-18(2)15-29-26(30)21-5-4-6-23(14-21)28-16-20-9-12-24(25(13-20)31-3)32-17-19-7-10-22(27)11-8-19/h4-14,18,28H,15-17H2,1-3H3,(H,29,30). The Labute approximate surface area is 188 Å². The monoisotopic (exact) mass is 436 g/mol. The van der Waals surface area contributed by atoms with Crippen LogP contribution in [0.25, 0.3) is 0 Å². The second-order valence-electron chi connectivity index (χ2n) is 7.94. The Kier molecular flexibility index (Phi) is 8.08. The quantitative estimate of drug-likeness (QED) is 0.446. The first kappa shape index (κ1) is 23.1. The molecule has 0 aliphatic heterocycles. The van der Waals surface area contributed by atoms with E-state index in [1.165, 1.54) is 12.1 Å². The first-order valence-electron chi connectivity index (χ1n) is 10.6. The number of rotatable bonds is 10. The number of nitrogens with one attached hydrogen (secondary N) is 2. The van der Waals surface area contributed by atoms with E-state index in [0.29, 0.717) is 42.7 Å². The number of methoxy groups -OCH3 is 1. The Balaban J connectivity index is 1.60. The van der Waals surface area contributed by atoms with Gasteiger partial charge in [-0.05, 0) is 59.5 Å². The van der Waals surface area contributed by atoms with Crippen molar-refractivity contribution in [3.63, 3.8) is 0 Å². The molecular formula is C26H29FN2O3. The van der Waals surface area contributed by atoms with Crippen LogP contribution in [0.3, 0.4) is 0 Å². The molecular weight excluding hydrogens is 407 g/mol. The molecule has 0 aliphatic carbocycles. The highest BCUT2D eigenvalue weighted by molar-refractivity contribution is 5.95. The summed E-state index contributed by atoms with van der Waals surface area (Å²) in [5, 5.41) is 6.27. The Bertz CT molecular complexity index is 1040. The van der Waals surface area contributed by atoms with Crippen LogP contribution in [-0.4, -0.2) is 19.6 Å². The van der Waals surface area contributed by atoms with Gasteiger partial charge in [0.15, 0.2) is 11.5 Å². The van der Waals surface area contributed by atoms with Crippen LogP contribution in [0.1, 0.15) is 35.3 Å². The van der Waals surface area contributed by atoms with Gasteiger partial charge in [-0.15, -0.1) is 0 Å². The summed E-state index contributed by atoms with van der Waals surface area (Å²) >= 11 is 0. The second kappa shape index (κ2) is 11.2. The summed E-state index contributed by atoms with van der Waals surface area (Å²) in [5.74, 6) is 1.28. The second-order valence-corrected chi connectivity index (χ2v) is 7.94. The highest BCUT2D eigenvalue weighted by Crippen LogP contribution is 2.29. The minimum absolute atomic E-state index is 0.0772. The van der Waals surface area contributed by atoms with E-state index in [2.05, 4.69) is 24.5 Å². The molecule has 3 aromatic rings. The zero-order valence-corrected chi connectivity index (χ0v) is 18.7. The SMILES string of the molecule is COc1cc(CNc2cccc(C(=O)NCC(C)C)c2)ccc1OCc1ccc(F)cc1. The third-order valence-electron chi connectivity index (χ3n) is 4.83. The lowest BCUT2D eigenvalue weighted by molar-refractivity contribution is 0.0949. The fourth-order valence-corrected chi connectivity index (χ4v) is 3.06. The first-order chi connectivity index (χ1) is 15.4. The van der Waals surface area contributed by atoms with Crippen LogP contribution in [0, 0.1) is 11.7 Å². The lowest BCUT2D eigenvalue weighted by Gasteiger charge is -2.14. The molecule has 0 saturated heterocycles. The number of ether oxygens (including phenoxy) is 2. The van der Waals surface area contributed by atoms with Gasteiger partial charge in [0.2, 0.25) is 0 Å². The fourth-order valence-electron chi connectivity index (χ4n) is 3.06. The van der Waals surface area contributed by atoms with Crippen molar-refractivity contribution < 1.29 is 18.7 Å². The van der Waals surface area contributed by atoms with Crippen molar-refractivity contribution in [3.05, 3.63) is 89.2 Å². The van der Waals surface area contributed by atoms with Crippen LogP contribution in [0.2, 0.25) is 0 Å². The van der Waals surface area contributed by atoms with Crippen molar-refractivity contribution in [2.24, 2.45) is 5.92 Å². The summed E-state index contributed by atoms with van der Waals surface area (Å²) in [5.41, 5.74) is 3.36. The molecule has 0 bridgehead atoms. The molecule has 0 atom stereocenters. The van der Waals surface area contributed by atoms with Gasteiger partial charge in [0.05, 0.1) is 7.11 Å². The number of anilines is 1. The largest absolute Gasteiger partial charge is 0.493 e. The number of carbonyl (C=O) groups excluding carboxylic acids is 1. The Morgan fingerprint density at radius 1 is 0.969 bits per heavy atom. The lowest BCUT2D eigenvalue weighted by Crippen LogP contribution is -2.27. The van der Waals surface area contributed by atoms with Gasteiger partial charge < -0.3 is 20.1 Å². The summed E-state index contributed by atoms with van der Waals surface area (Å²) in [7, 11) is 1.59. The predicted molar refractivity (Wildman–Crippen MR) is 125 cm³/mol. The highest BCUT2D eigenvalue weighted by atomic mass is 19.1. The third kappa shape index (κ3) is 6.74. The van der Waals surface area contributed by atoms with E-state index in [1.807, 2.05) is 36.4 Å². The highest BCUT2D eigenvalue weighted by Gasteiger charge is 2.09. The molecule has 0 spiro atoms. The van der Waals surface area contributed by atoms with Crippen molar-refractivity contribution in [3.8, 4) is 11.5 Å². The number of carbonyl (C=O) groups is 1. The molecule has 0 radical (unpaired) electrons. The van der Waals surface area contributed by atoms with Crippen molar-refractivity contribution in [1.29, 1.82) is 0 Å². The molecule has 6 heteroatoms. The summed E-state index contributed by atoms with van der Waals surface area (Å²) < 4.78 is 24.4. The van der Waals surface area contributed by atoms with E-state index in [-0.39, 0.29) is 11.7 Å². The van der Waals surface area contributed by atoms with Gasteiger partial charge in [0.1, 0.15) is 12.4 Å². The molecule has 0 saturated carbocycles. The van der Waals surface area contributed by atoms with E-state index < -0.39 is 0 Å². The van der Waals surface area contributed by atoms with Crippen LogP contribution in [-0.2, 0) is 13.2 Å². The number of amides is 1. The van der Waals surface area contributed by atoms with E-state index in [9.17, 15) is 9.18 Å². The molecule has 0 aromatic heterocycles. The normalized spacial score (nSPS) is 10.7. The molecule has 5 nitrogen and oxygen atoms in total. The topological polar surface area (TPSA) is 59.6 Å². The van der Waals surface area contributed by atoms with Gasteiger partial charge in [-0.1, -0.05) is 38.1 Å². The maximum absolute atomic E-state index is 13.0. The van der Waals surface area contributed by atoms with Gasteiger partial charge in [0, 0.05) is 24.3 Å². The number of hydrogen-bond donors (Lipinski definition) is 2. The van der Waals surface area contributed by atoms with Crippen molar-refractivity contribution in [1.82, 2.24) is 5.32 Å². The molecule has 2 N–H and O–H groups in total. The minimum atomic E-state index is -0.273.